The van der Waals surface area contributed by atoms with Crippen molar-refractivity contribution in [1.29, 1.82) is 0 Å². The van der Waals surface area contributed by atoms with E-state index in [2.05, 4.69) is 4.98 Å². The standard InChI is InChI=1S/C10H16N2O2/c1-5-6(2)10(12-7(5)3)8(11)4-9(13)14/h8,12H,4,11H2,1-3H3,(H,13,14). The van der Waals surface area contributed by atoms with Crippen LogP contribution < -0.4 is 5.73 Å². The van der Waals surface area contributed by atoms with Gasteiger partial charge < -0.3 is 15.8 Å². The van der Waals surface area contributed by atoms with Gasteiger partial charge in [-0.1, -0.05) is 0 Å². The van der Waals surface area contributed by atoms with E-state index < -0.39 is 12.0 Å². The van der Waals surface area contributed by atoms with Gasteiger partial charge >= 0.3 is 5.97 Å². The Kier molecular flexibility index (Phi) is 2.96. The summed E-state index contributed by atoms with van der Waals surface area (Å²) in [6, 6.07) is -0.445. The molecule has 1 heterocycles. The summed E-state index contributed by atoms with van der Waals surface area (Å²) >= 11 is 0. The maximum absolute atomic E-state index is 10.5. The van der Waals surface area contributed by atoms with E-state index in [1.807, 2.05) is 20.8 Å². The zero-order chi connectivity index (χ0) is 10.9. The average molecular weight is 196 g/mol. The molecule has 1 aromatic rings. The molecule has 0 aromatic carbocycles. The fourth-order valence-electron chi connectivity index (χ4n) is 1.53. The van der Waals surface area contributed by atoms with Crippen molar-refractivity contribution in [2.24, 2.45) is 5.73 Å². The van der Waals surface area contributed by atoms with Gasteiger partial charge in [-0.3, -0.25) is 4.79 Å². The summed E-state index contributed by atoms with van der Waals surface area (Å²) in [5.41, 5.74) is 9.88. The number of carboxylic acid groups (broad SMARTS) is 1. The lowest BCUT2D eigenvalue weighted by molar-refractivity contribution is -0.137. The predicted octanol–water partition coefficient (Wildman–Crippen LogP) is 1.41. The molecule has 14 heavy (non-hydrogen) atoms. The van der Waals surface area contributed by atoms with E-state index in [1.165, 1.54) is 0 Å². The third-order valence-corrected chi connectivity index (χ3v) is 2.62. The summed E-state index contributed by atoms with van der Waals surface area (Å²) in [5.74, 6) is -0.873. The van der Waals surface area contributed by atoms with Gasteiger partial charge in [-0.15, -0.1) is 0 Å². The molecule has 4 N–H and O–H groups in total. The molecule has 1 atom stereocenters. The van der Waals surface area contributed by atoms with Crippen molar-refractivity contribution in [2.75, 3.05) is 0 Å². The van der Waals surface area contributed by atoms with Crippen molar-refractivity contribution in [2.45, 2.75) is 33.2 Å². The highest BCUT2D eigenvalue weighted by molar-refractivity contribution is 5.68. The van der Waals surface area contributed by atoms with Gasteiger partial charge in [0.2, 0.25) is 0 Å². The van der Waals surface area contributed by atoms with E-state index in [-0.39, 0.29) is 6.42 Å². The topological polar surface area (TPSA) is 79.1 Å². The third kappa shape index (κ3) is 1.96. The Bertz CT molecular complexity index is 355. The lowest BCUT2D eigenvalue weighted by Crippen LogP contribution is -2.16. The Hall–Kier alpha value is -1.29. The van der Waals surface area contributed by atoms with E-state index in [0.717, 1.165) is 22.5 Å². The number of hydrogen-bond acceptors (Lipinski definition) is 2. The fourth-order valence-corrected chi connectivity index (χ4v) is 1.53. The van der Waals surface area contributed by atoms with Crippen molar-refractivity contribution in [3.8, 4) is 0 Å². The molecule has 1 unspecified atom stereocenters. The molecule has 0 bridgehead atoms. The maximum atomic E-state index is 10.5. The smallest absolute Gasteiger partial charge is 0.305 e. The minimum atomic E-state index is -0.873. The summed E-state index contributed by atoms with van der Waals surface area (Å²) in [7, 11) is 0. The van der Waals surface area contributed by atoms with Gasteiger partial charge in [-0.05, 0) is 31.9 Å². The fraction of sp³-hybridized carbons (Fsp3) is 0.500. The van der Waals surface area contributed by atoms with Crippen molar-refractivity contribution in [1.82, 2.24) is 4.98 Å². The first-order valence-electron chi connectivity index (χ1n) is 4.56. The van der Waals surface area contributed by atoms with E-state index >= 15 is 0 Å². The molecule has 0 saturated carbocycles. The summed E-state index contributed by atoms with van der Waals surface area (Å²) in [6.07, 6.45) is -0.0414. The molecule has 4 nitrogen and oxygen atoms in total. The average Bonchev–Trinajstić information content (AvgIpc) is 2.32. The number of nitrogens with one attached hydrogen (secondary N) is 1. The zero-order valence-corrected chi connectivity index (χ0v) is 8.72. The number of hydrogen-bond donors (Lipinski definition) is 3. The lowest BCUT2D eigenvalue weighted by Gasteiger charge is -2.08. The minimum Gasteiger partial charge on any atom is -0.481 e. The van der Waals surface area contributed by atoms with Crippen LogP contribution in [0.3, 0.4) is 0 Å². The van der Waals surface area contributed by atoms with Gasteiger partial charge in [-0.2, -0.15) is 0 Å². The first kappa shape index (κ1) is 10.8. The van der Waals surface area contributed by atoms with E-state index in [9.17, 15) is 4.79 Å². The van der Waals surface area contributed by atoms with Gasteiger partial charge in [0.1, 0.15) is 0 Å². The number of H-pyrrole nitrogens is 1. The highest BCUT2D eigenvalue weighted by Crippen LogP contribution is 2.22. The first-order chi connectivity index (χ1) is 6.43. The Balaban J connectivity index is 2.95. The lowest BCUT2D eigenvalue weighted by atomic mass is 10.1. The van der Waals surface area contributed by atoms with Crippen LogP contribution in [0, 0.1) is 20.8 Å². The molecule has 0 spiro atoms. The number of nitrogens with two attached hydrogens (primary N) is 1. The van der Waals surface area contributed by atoms with E-state index in [0.29, 0.717) is 0 Å². The Morgan fingerprint density at radius 2 is 2.00 bits per heavy atom. The van der Waals surface area contributed by atoms with Crippen molar-refractivity contribution < 1.29 is 9.90 Å². The van der Waals surface area contributed by atoms with Gasteiger partial charge in [0.05, 0.1) is 12.5 Å². The number of rotatable bonds is 3. The largest absolute Gasteiger partial charge is 0.481 e. The molecule has 1 aromatic heterocycles. The summed E-state index contributed by atoms with van der Waals surface area (Å²) in [6.45, 7) is 5.91. The van der Waals surface area contributed by atoms with Crippen LogP contribution in [-0.2, 0) is 4.79 Å². The Labute approximate surface area is 83.1 Å². The van der Waals surface area contributed by atoms with Crippen molar-refractivity contribution in [3.05, 3.63) is 22.5 Å². The van der Waals surface area contributed by atoms with Crippen LogP contribution >= 0.6 is 0 Å². The van der Waals surface area contributed by atoms with Crippen LogP contribution in [0.1, 0.15) is 35.0 Å². The van der Waals surface area contributed by atoms with Crippen LogP contribution in [0.4, 0.5) is 0 Å². The number of aromatic nitrogens is 1. The minimum absolute atomic E-state index is 0.0414. The summed E-state index contributed by atoms with van der Waals surface area (Å²) < 4.78 is 0. The van der Waals surface area contributed by atoms with Gasteiger partial charge in [0.25, 0.3) is 0 Å². The van der Waals surface area contributed by atoms with Crippen LogP contribution in [-0.4, -0.2) is 16.1 Å². The zero-order valence-electron chi connectivity index (χ0n) is 8.72. The van der Waals surface area contributed by atoms with Crippen molar-refractivity contribution >= 4 is 5.97 Å². The molecular weight excluding hydrogens is 180 g/mol. The van der Waals surface area contributed by atoms with Crippen molar-refractivity contribution in [3.63, 3.8) is 0 Å². The molecule has 1 rings (SSSR count). The normalized spacial score (nSPS) is 12.9. The number of aliphatic carboxylic acids is 1. The Morgan fingerprint density at radius 3 is 2.36 bits per heavy atom. The third-order valence-electron chi connectivity index (χ3n) is 2.62. The number of carbonyl (C=O) groups is 1. The highest BCUT2D eigenvalue weighted by atomic mass is 16.4. The van der Waals surface area contributed by atoms with E-state index in [1.54, 1.807) is 0 Å². The molecule has 4 heteroatoms. The van der Waals surface area contributed by atoms with Crippen LogP contribution in [0.25, 0.3) is 0 Å². The van der Waals surface area contributed by atoms with Gasteiger partial charge in [-0.25, -0.2) is 0 Å². The second-order valence-electron chi connectivity index (χ2n) is 3.62. The quantitative estimate of drug-likeness (QED) is 0.684. The SMILES string of the molecule is Cc1[nH]c(C(N)CC(=O)O)c(C)c1C. The molecule has 0 fully saturated rings. The molecule has 0 aliphatic carbocycles. The van der Waals surface area contributed by atoms with E-state index in [4.69, 9.17) is 10.8 Å². The predicted molar refractivity (Wildman–Crippen MR) is 54.2 cm³/mol. The molecule has 0 aliphatic heterocycles. The molecule has 0 amide bonds. The molecule has 0 radical (unpaired) electrons. The van der Waals surface area contributed by atoms with Crippen LogP contribution in [0.2, 0.25) is 0 Å². The number of aromatic amines is 1. The maximum Gasteiger partial charge on any atom is 0.305 e. The first-order valence-corrected chi connectivity index (χ1v) is 4.56. The second-order valence-corrected chi connectivity index (χ2v) is 3.62. The van der Waals surface area contributed by atoms with Crippen LogP contribution in [0.5, 0.6) is 0 Å². The van der Waals surface area contributed by atoms with Gasteiger partial charge in [0.15, 0.2) is 0 Å². The monoisotopic (exact) mass is 196 g/mol. The molecule has 78 valence electrons. The summed E-state index contributed by atoms with van der Waals surface area (Å²) in [4.78, 5) is 13.6. The highest BCUT2D eigenvalue weighted by Gasteiger charge is 2.16. The number of aryl methyl sites for hydroxylation is 1. The van der Waals surface area contributed by atoms with Crippen LogP contribution in [0.15, 0.2) is 0 Å². The Morgan fingerprint density at radius 1 is 1.43 bits per heavy atom. The summed E-state index contributed by atoms with van der Waals surface area (Å²) in [5, 5.41) is 8.62. The van der Waals surface area contributed by atoms with Gasteiger partial charge in [0, 0.05) is 11.4 Å². The molecular formula is C10H16N2O2. The molecule has 0 saturated heterocycles. The number of carboxylic acids is 1. The molecule has 0 aliphatic rings. The second kappa shape index (κ2) is 3.84.